The highest BCUT2D eigenvalue weighted by Gasteiger charge is 2.30. The summed E-state index contributed by atoms with van der Waals surface area (Å²) in [6.07, 6.45) is 1.50. The molecule has 0 spiro atoms. The predicted octanol–water partition coefficient (Wildman–Crippen LogP) is 3.44. The molecule has 6 heteroatoms. The molecule has 0 bridgehead atoms. The molecule has 0 atom stereocenters. The molecule has 0 unspecified atom stereocenters. The SMILES string of the molecule is CC(C)(CC(=O)Nc1cccc(COCc2ccco2)c1)C(=O)O. The largest absolute Gasteiger partial charge is 0.481 e. The van der Waals surface area contributed by atoms with Crippen LogP contribution in [0.3, 0.4) is 0 Å². The molecule has 2 rings (SSSR count). The van der Waals surface area contributed by atoms with Crippen molar-refractivity contribution < 1.29 is 23.8 Å². The Hall–Kier alpha value is -2.60. The first-order valence-electron chi connectivity index (χ1n) is 7.59. The highest BCUT2D eigenvalue weighted by molar-refractivity contribution is 5.94. The Morgan fingerprint density at radius 3 is 2.67 bits per heavy atom. The highest BCUT2D eigenvalue weighted by atomic mass is 16.5. The van der Waals surface area contributed by atoms with Gasteiger partial charge in [0, 0.05) is 12.1 Å². The van der Waals surface area contributed by atoms with Crippen LogP contribution in [-0.2, 0) is 27.5 Å². The van der Waals surface area contributed by atoms with Gasteiger partial charge in [-0.15, -0.1) is 0 Å². The Morgan fingerprint density at radius 2 is 2.00 bits per heavy atom. The number of carbonyl (C=O) groups is 2. The average Bonchev–Trinajstić information content (AvgIpc) is 3.00. The summed E-state index contributed by atoms with van der Waals surface area (Å²) in [5, 5.41) is 11.8. The minimum atomic E-state index is -1.10. The maximum absolute atomic E-state index is 12.0. The van der Waals surface area contributed by atoms with Crippen molar-refractivity contribution in [2.45, 2.75) is 33.5 Å². The third kappa shape index (κ3) is 5.24. The lowest BCUT2D eigenvalue weighted by Gasteiger charge is -2.18. The Balaban J connectivity index is 1.87. The van der Waals surface area contributed by atoms with Gasteiger partial charge in [0.1, 0.15) is 12.4 Å². The van der Waals surface area contributed by atoms with Gasteiger partial charge in [-0.05, 0) is 43.7 Å². The van der Waals surface area contributed by atoms with Gasteiger partial charge >= 0.3 is 5.97 Å². The van der Waals surface area contributed by atoms with E-state index in [1.165, 1.54) is 13.8 Å². The van der Waals surface area contributed by atoms with Crippen LogP contribution in [0.15, 0.2) is 47.1 Å². The zero-order valence-corrected chi connectivity index (χ0v) is 13.7. The van der Waals surface area contributed by atoms with E-state index >= 15 is 0 Å². The van der Waals surface area contributed by atoms with Gasteiger partial charge in [0.25, 0.3) is 0 Å². The summed E-state index contributed by atoms with van der Waals surface area (Å²) in [5.74, 6) is -0.593. The van der Waals surface area contributed by atoms with E-state index in [1.54, 1.807) is 24.5 Å². The fraction of sp³-hybridized carbons (Fsp3) is 0.333. The van der Waals surface area contributed by atoms with Crippen LogP contribution in [0.1, 0.15) is 31.6 Å². The molecule has 0 saturated carbocycles. The van der Waals surface area contributed by atoms with Crippen molar-refractivity contribution in [3.63, 3.8) is 0 Å². The topological polar surface area (TPSA) is 88.8 Å². The van der Waals surface area contributed by atoms with Crippen molar-refractivity contribution in [3.8, 4) is 0 Å². The van der Waals surface area contributed by atoms with Crippen LogP contribution in [-0.4, -0.2) is 17.0 Å². The van der Waals surface area contributed by atoms with E-state index in [2.05, 4.69) is 5.32 Å². The number of carboxylic acids is 1. The number of benzene rings is 1. The van der Waals surface area contributed by atoms with Crippen molar-refractivity contribution in [3.05, 3.63) is 54.0 Å². The van der Waals surface area contributed by atoms with E-state index in [4.69, 9.17) is 14.3 Å². The molecule has 0 saturated heterocycles. The van der Waals surface area contributed by atoms with Crippen molar-refractivity contribution in [1.29, 1.82) is 0 Å². The summed E-state index contributed by atoms with van der Waals surface area (Å²) < 4.78 is 10.7. The number of amides is 1. The first kappa shape index (κ1) is 17.7. The second kappa shape index (κ2) is 7.79. The number of aliphatic carboxylic acids is 1. The molecule has 2 aromatic rings. The van der Waals surface area contributed by atoms with Gasteiger partial charge in [-0.3, -0.25) is 9.59 Å². The van der Waals surface area contributed by atoms with Crippen LogP contribution in [0.4, 0.5) is 5.69 Å². The molecule has 1 aromatic carbocycles. The van der Waals surface area contributed by atoms with Crippen LogP contribution in [0.5, 0.6) is 0 Å². The number of anilines is 1. The molecular formula is C18H21NO5. The van der Waals surface area contributed by atoms with E-state index in [-0.39, 0.29) is 12.3 Å². The number of carboxylic acid groups (broad SMARTS) is 1. The number of carbonyl (C=O) groups excluding carboxylic acids is 1. The fourth-order valence-electron chi connectivity index (χ4n) is 2.09. The van der Waals surface area contributed by atoms with Gasteiger partial charge in [-0.2, -0.15) is 0 Å². The van der Waals surface area contributed by atoms with Crippen LogP contribution in [0, 0.1) is 5.41 Å². The van der Waals surface area contributed by atoms with Crippen LogP contribution < -0.4 is 5.32 Å². The highest BCUT2D eigenvalue weighted by Crippen LogP contribution is 2.22. The molecule has 0 aliphatic heterocycles. The number of nitrogens with one attached hydrogen (secondary N) is 1. The lowest BCUT2D eigenvalue weighted by Crippen LogP contribution is -2.29. The molecule has 0 fully saturated rings. The molecule has 2 N–H and O–H groups in total. The van der Waals surface area contributed by atoms with Crippen molar-refractivity contribution in [2.24, 2.45) is 5.41 Å². The van der Waals surface area contributed by atoms with Crippen molar-refractivity contribution >= 4 is 17.6 Å². The van der Waals surface area contributed by atoms with Crippen LogP contribution in [0.2, 0.25) is 0 Å². The molecular weight excluding hydrogens is 310 g/mol. The van der Waals surface area contributed by atoms with Crippen LogP contribution in [0.25, 0.3) is 0 Å². The molecule has 6 nitrogen and oxygen atoms in total. The van der Waals surface area contributed by atoms with Gasteiger partial charge in [0.15, 0.2) is 0 Å². The summed E-state index contributed by atoms with van der Waals surface area (Å²) in [6, 6.07) is 10.9. The van der Waals surface area contributed by atoms with Gasteiger partial charge in [-0.25, -0.2) is 0 Å². The Bertz CT molecular complexity index is 691. The van der Waals surface area contributed by atoms with Gasteiger partial charge in [0.05, 0.1) is 18.3 Å². The van der Waals surface area contributed by atoms with E-state index < -0.39 is 11.4 Å². The second-order valence-electron chi connectivity index (χ2n) is 6.19. The number of hydrogen-bond acceptors (Lipinski definition) is 4. The van der Waals surface area contributed by atoms with E-state index in [9.17, 15) is 9.59 Å². The lowest BCUT2D eigenvalue weighted by molar-refractivity contribution is -0.148. The zero-order valence-electron chi connectivity index (χ0n) is 13.7. The Kier molecular flexibility index (Phi) is 5.76. The Labute approximate surface area is 140 Å². The third-order valence-electron chi connectivity index (χ3n) is 3.49. The summed E-state index contributed by atoms with van der Waals surface area (Å²) >= 11 is 0. The fourth-order valence-corrected chi connectivity index (χ4v) is 2.09. The number of hydrogen-bond donors (Lipinski definition) is 2. The average molecular weight is 331 g/mol. The second-order valence-corrected chi connectivity index (χ2v) is 6.19. The number of furan rings is 1. The van der Waals surface area contributed by atoms with Crippen molar-refractivity contribution in [1.82, 2.24) is 0 Å². The first-order chi connectivity index (χ1) is 11.4. The quantitative estimate of drug-likeness (QED) is 0.773. The number of rotatable bonds is 8. The first-order valence-corrected chi connectivity index (χ1v) is 7.59. The molecule has 1 amide bonds. The standard InChI is InChI=1S/C18H21NO5/c1-18(2,17(21)22)10-16(20)19-14-6-3-5-13(9-14)11-23-12-15-7-4-8-24-15/h3-9H,10-12H2,1-2H3,(H,19,20)(H,21,22). The summed E-state index contributed by atoms with van der Waals surface area (Å²) in [4.78, 5) is 23.1. The van der Waals surface area contributed by atoms with Crippen molar-refractivity contribution in [2.75, 3.05) is 5.32 Å². The molecule has 1 aromatic heterocycles. The number of ether oxygens (including phenoxy) is 1. The summed E-state index contributed by atoms with van der Waals surface area (Å²) in [6.45, 7) is 3.79. The van der Waals surface area contributed by atoms with E-state index in [0.717, 1.165) is 11.3 Å². The normalized spacial score (nSPS) is 11.2. The monoisotopic (exact) mass is 331 g/mol. The summed E-state index contributed by atoms with van der Waals surface area (Å²) in [7, 11) is 0. The summed E-state index contributed by atoms with van der Waals surface area (Å²) in [5.41, 5.74) is 0.408. The molecule has 0 aliphatic rings. The van der Waals surface area contributed by atoms with Gasteiger partial charge < -0.3 is 19.6 Å². The third-order valence-corrected chi connectivity index (χ3v) is 3.49. The van der Waals surface area contributed by atoms with Crippen LogP contribution >= 0.6 is 0 Å². The zero-order chi connectivity index (χ0) is 17.6. The molecule has 24 heavy (non-hydrogen) atoms. The maximum atomic E-state index is 12.0. The molecule has 128 valence electrons. The minimum Gasteiger partial charge on any atom is -0.481 e. The van der Waals surface area contributed by atoms with E-state index in [1.807, 2.05) is 18.2 Å². The molecule has 1 heterocycles. The molecule has 0 aliphatic carbocycles. The minimum absolute atomic E-state index is 0.0957. The predicted molar refractivity (Wildman–Crippen MR) is 88.3 cm³/mol. The lowest BCUT2D eigenvalue weighted by atomic mass is 9.89. The van der Waals surface area contributed by atoms with Gasteiger partial charge in [0.2, 0.25) is 5.91 Å². The maximum Gasteiger partial charge on any atom is 0.309 e. The molecule has 0 radical (unpaired) electrons. The smallest absolute Gasteiger partial charge is 0.309 e. The van der Waals surface area contributed by atoms with Gasteiger partial charge in [-0.1, -0.05) is 12.1 Å². The Morgan fingerprint density at radius 1 is 1.21 bits per heavy atom. The van der Waals surface area contributed by atoms with E-state index in [0.29, 0.717) is 18.9 Å².